The van der Waals surface area contributed by atoms with Gasteiger partial charge in [-0.3, -0.25) is 4.90 Å². The van der Waals surface area contributed by atoms with E-state index in [0.717, 1.165) is 53.8 Å². The van der Waals surface area contributed by atoms with E-state index in [1.165, 1.54) is 37.9 Å². The lowest BCUT2D eigenvalue weighted by atomic mass is 10.0. The van der Waals surface area contributed by atoms with Crippen molar-refractivity contribution in [3.05, 3.63) is 84.9 Å². The number of ether oxygens (including phenoxy) is 1. The zero-order valence-electron chi connectivity index (χ0n) is 20.0. The van der Waals surface area contributed by atoms with Gasteiger partial charge in [-0.15, -0.1) is 0 Å². The fraction of sp³-hybridized carbons (Fsp3) is 0.300. The summed E-state index contributed by atoms with van der Waals surface area (Å²) in [5.41, 5.74) is 5.59. The van der Waals surface area contributed by atoms with E-state index in [9.17, 15) is 0 Å². The maximum atomic E-state index is 6.05. The van der Waals surface area contributed by atoms with Gasteiger partial charge in [-0.05, 0) is 57.1 Å². The summed E-state index contributed by atoms with van der Waals surface area (Å²) in [5, 5.41) is 0. The van der Waals surface area contributed by atoms with Crippen molar-refractivity contribution in [2.75, 3.05) is 26.2 Å². The molecule has 174 valence electrons. The van der Waals surface area contributed by atoms with Crippen molar-refractivity contribution in [1.82, 2.24) is 14.5 Å². The van der Waals surface area contributed by atoms with Crippen LogP contribution < -0.4 is 4.74 Å². The Bertz CT molecular complexity index is 1180. The summed E-state index contributed by atoms with van der Waals surface area (Å²) in [4.78, 5) is 7.67. The van der Waals surface area contributed by atoms with Crippen molar-refractivity contribution < 1.29 is 4.74 Å². The summed E-state index contributed by atoms with van der Waals surface area (Å²) in [6.45, 7) is 7.17. The molecule has 0 bridgehead atoms. The van der Waals surface area contributed by atoms with E-state index < -0.39 is 0 Å². The van der Waals surface area contributed by atoms with E-state index in [-0.39, 0.29) is 0 Å². The molecule has 5 rings (SSSR count). The fourth-order valence-corrected chi connectivity index (χ4v) is 4.84. The number of benzene rings is 3. The highest BCUT2D eigenvalue weighted by molar-refractivity contribution is 5.82. The molecule has 1 fully saturated rings. The zero-order chi connectivity index (χ0) is 23.2. The highest BCUT2D eigenvalue weighted by Gasteiger charge is 2.20. The van der Waals surface area contributed by atoms with Crippen LogP contribution in [0.4, 0.5) is 0 Å². The van der Waals surface area contributed by atoms with Crippen LogP contribution in [0.25, 0.3) is 33.9 Å². The van der Waals surface area contributed by atoms with Crippen LogP contribution in [0.1, 0.15) is 26.2 Å². The van der Waals surface area contributed by atoms with Crippen LogP contribution in [-0.2, 0) is 6.54 Å². The van der Waals surface area contributed by atoms with Crippen molar-refractivity contribution in [3.8, 4) is 39.7 Å². The number of aromatic nitrogens is 2. The summed E-state index contributed by atoms with van der Waals surface area (Å²) in [6.07, 6.45) is 3.99. The van der Waals surface area contributed by atoms with Crippen LogP contribution >= 0.6 is 0 Å². The first-order valence-electron chi connectivity index (χ1n) is 12.5. The third-order valence-electron chi connectivity index (χ3n) is 6.62. The minimum atomic E-state index is 0.735. The Balaban J connectivity index is 1.42. The molecule has 1 aliphatic heterocycles. The third-order valence-corrected chi connectivity index (χ3v) is 6.62. The zero-order valence-corrected chi connectivity index (χ0v) is 20.0. The molecule has 0 unspecified atom stereocenters. The molecule has 0 spiro atoms. The smallest absolute Gasteiger partial charge is 0.141 e. The normalized spacial score (nSPS) is 14.3. The molecule has 0 aliphatic carbocycles. The average molecular weight is 452 g/mol. The van der Waals surface area contributed by atoms with Crippen molar-refractivity contribution in [3.63, 3.8) is 0 Å². The van der Waals surface area contributed by atoms with Gasteiger partial charge in [-0.1, -0.05) is 67.1 Å². The predicted octanol–water partition coefficient (Wildman–Crippen LogP) is 6.77. The lowest BCUT2D eigenvalue weighted by Gasteiger charge is -2.26. The van der Waals surface area contributed by atoms with E-state index in [0.29, 0.717) is 0 Å². The molecule has 1 saturated heterocycles. The molecule has 34 heavy (non-hydrogen) atoms. The summed E-state index contributed by atoms with van der Waals surface area (Å²) in [5.74, 6) is 1.90. The molecule has 0 saturated carbocycles. The molecule has 4 heteroatoms. The van der Waals surface area contributed by atoms with Crippen molar-refractivity contribution in [1.29, 1.82) is 0 Å². The Hall–Kier alpha value is -3.37. The summed E-state index contributed by atoms with van der Waals surface area (Å²) < 4.78 is 8.38. The van der Waals surface area contributed by atoms with Gasteiger partial charge in [-0.25, -0.2) is 4.98 Å². The van der Waals surface area contributed by atoms with Gasteiger partial charge in [0.15, 0.2) is 0 Å². The van der Waals surface area contributed by atoms with E-state index >= 15 is 0 Å². The second-order valence-corrected chi connectivity index (χ2v) is 8.88. The van der Waals surface area contributed by atoms with Crippen molar-refractivity contribution >= 4 is 0 Å². The molecule has 1 aromatic heterocycles. The number of piperidine rings is 1. The molecular formula is C30H33N3O. The topological polar surface area (TPSA) is 30.3 Å². The largest absolute Gasteiger partial charge is 0.492 e. The molecule has 3 aromatic carbocycles. The average Bonchev–Trinajstić information content (AvgIpc) is 3.30. The highest BCUT2D eigenvalue weighted by Crippen LogP contribution is 2.36. The lowest BCUT2D eigenvalue weighted by molar-refractivity contribution is 0.183. The number of imidazole rings is 1. The number of rotatable bonds is 8. The fourth-order valence-electron chi connectivity index (χ4n) is 4.84. The Kier molecular flexibility index (Phi) is 7.06. The summed E-state index contributed by atoms with van der Waals surface area (Å²) in [7, 11) is 0. The van der Waals surface area contributed by atoms with E-state index in [2.05, 4.69) is 95.3 Å². The van der Waals surface area contributed by atoms with Crippen molar-refractivity contribution in [2.24, 2.45) is 0 Å². The minimum absolute atomic E-state index is 0.735. The van der Waals surface area contributed by atoms with E-state index in [1.807, 2.05) is 6.07 Å². The van der Waals surface area contributed by atoms with Crippen LogP contribution in [0.5, 0.6) is 5.75 Å². The number of hydrogen-bond donors (Lipinski definition) is 0. The minimum Gasteiger partial charge on any atom is -0.492 e. The Morgan fingerprint density at radius 1 is 0.735 bits per heavy atom. The molecule has 0 radical (unpaired) electrons. The monoisotopic (exact) mass is 451 g/mol. The van der Waals surface area contributed by atoms with E-state index in [4.69, 9.17) is 9.72 Å². The second-order valence-electron chi connectivity index (χ2n) is 8.88. The summed E-state index contributed by atoms with van der Waals surface area (Å²) >= 11 is 0. The molecule has 4 aromatic rings. The number of hydrogen-bond acceptors (Lipinski definition) is 3. The van der Waals surface area contributed by atoms with Gasteiger partial charge in [0.25, 0.3) is 0 Å². The molecule has 0 amide bonds. The van der Waals surface area contributed by atoms with Crippen LogP contribution in [-0.4, -0.2) is 40.7 Å². The molecule has 0 N–H and O–H groups in total. The quantitative estimate of drug-likeness (QED) is 0.296. The number of nitrogens with zero attached hydrogens (tertiary/aromatic N) is 3. The SMILES string of the molecule is CCn1c(-c2ccc(OCCN3CCCCC3)cc2)nc(-c2ccccc2)c1-c1ccccc1. The van der Waals surface area contributed by atoms with E-state index in [1.54, 1.807) is 0 Å². The standard InChI is InChI=1S/C30H33N3O/c1-2-33-29(25-14-8-4-9-15-25)28(24-12-6-3-7-13-24)31-30(33)26-16-18-27(19-17-26)34-23-22-32-20-10-5-11-21-32/h3-4,6-9,12-19H,2,5,10-11,20-23H2,1H3. The van der Waals surface area contributed by atoms with Gasteiger partial charge in [0.1, 0.15) is 18.2 Å². The van der Waals surface area contributed by atoms with Crippen LogP contribution in [0.2, 0.25) is 0 Å². The lowest BCUT2D eigenvalue weighted by Crippen LogP contribution is -2.33. The summed E-state index contributed by atoms with van der Waals surface area (Å²) in [6, 6.07) is 29.5. The molecule has 1 aliphatic rings. The predicted molar refractivity (Wildman–Crippen MR) is 140 cm³/mol. The molecule has 2 heterocycles. The first-order valence-corrected chi connectivity index (χ1v) is 12.5. The first kappa shape index (κ1) is 22.4. The molecule has 4 nitrogen and oxygen atoms in total. The third kappa shape index (κ3) is 4.92. The van der Waals surface area contributed by atoms with Gasteiger partial charge < -0.3 is 9.30 Å². The van der Waals surface area contributed by atoms with Gasteiger partial charge in [0.2, 0.25) is 0 Å². The van der Waals surface area contributed by atoms with Crippen molar-refractivity contribution in [2.45, 2.75) is 32.7 Å². The van der Waals surface area contributed by atoms with Gasteiger partial charge in [-0.2, -0.15) is 0 Å². The van der Waals surface area contributed by atoms with Gasteiger partial charge in [0, 0.05) is 29.8 Å². The Labute approximate surface area is 202 Å². The maximum Gasteiger partial charge on any atom is 0.141 e. The van der Waals surface area contributed by atoms with Crippen LogP contribution in [0.15, 0.2) is 84.9 Å². The highest BCUT2D eigenvalue weighted by atomic mass is 16.5. The van der Waals surface area contributed by atoms with Crippen LogP contribution in [0.3, 0.4) is 0 Å². The molecular weight excluding hydrogens is 418 g/mol. The second kappa shape index (κ2) is 10.7. The number of likely N-dealkylation sites (tertiary alicyclic amines) is 1. The van der Waals surface area contributed by atoms with Crippen LogP contribution in [0, 0.1) is 0 Å². The van der Waals surface area contributed by atoms with Gasteiger partial charge >= 0.3 is 0 Å². The Morgan fingerprint density at radius 3 is 2.03 bits per heavy atom. The molecule has 0 atom stereocenters. The maximum absolute atomic E-state index is 6.05. The first-order chi connectivity index (χ1) is 16.8. The Morgan fingerprint density at radius 2 is 1.38 bits per heavy atom. The van der Waals surface area contributed by atoms with Gasteiger partial charge in [0.05, 0.1) is 11.4 Å².